The van der Waals surface area contributed by atoms with Crippen molar-refractivity contribution in [2.75, 3.05) is 26.2 Å². The summed E-state index contributed by atoms with van der Waals surface area (Å²) in [6.07, 6.45) is 3.93. The molecule has 0 unspecified atom stereocenters. The Bertz CT molecular complexity index is 613. The van der Waals surface area contributed by atoms with E-state index >= 15 is 0 Å². The number of ether oxygens (including phenoxy) is 1. The monoisotopic (exact) mass is 303 g/mol. The van der Waals surface area contributed by atoms with Gasteiger partial charge in [0.15, 0.2) is 11.6 Å². The summed E-state index contributed by atoms with van der Waals surface area (Å²) in [6.45, 7) is 5.67. The standard InChI is InChI=1S/C17H22FN3O/c1-13-11-19-17(20-13)14-7-9-21(12-14)8-4-10-22-16-6-3-2-5-15(16)18/h2-3,5-6,11,14H,4,7-10,12H2,1H3,(H,19,20)/t14-/m1/s1. The largest absolute Gasteiger partial charge is 0.490 e. The van der Waals surface area contributed by atoms with Crippen molar-refractivity contribution in [1.82, 2.24) is 14.9 Å². The molecule has 0 radical (unpaired) electrons. The van der Waals surface area contributed by atoms with Gasteiger partial charge in [-0.05, 0) is 38.4 Å². The average molecular weight is 303 g/mol. The molecular weight excluding hydrogens is 281 g/mol. The first kappa shape index (κ1) is 15.0. The Balaban J connectivity index is 1.39. The molecule has 0 spiro atoms. The Labute approximate surface area is 130 Å². The van der Waals surface area contributed by atoms with Crippen molar-refractivity contribution in [3.63, 3.8) is 0 Å². The van der Waals surface area contributed by atoms with Crippen LogP contribution >= 0.6 is 0 Å². The topological polar surface area (TPSA) is 41.2 Å². The summed E-state index contributed by atoms with van der Waals surface area (Å²) in [7, 11) is 0. The Hall–Kier alpha value is -1.88. The van der Waals surface area contributed by atoms with Gasteiger partial charge in [0, 0.05) is 30.9 Å². The molecule has 0 amide bonds. The van der Waals surface area contributed by atoms with Crippen molar-refractivity contribution >= 4 is 0 Å². The van der Waals surface area contributed by atoms with E-state index in [0.717, 1.165) is 44.0 Å². The molecule has 1 fully saturated rings. The van der Waals surface area contributed by atoms with E-state index in [1.807, 2.05) is 13.1 Å². The van der Waals surface area contributed by atoms with E-state index in [4.69, 9.17) is 4.74 Å². The summed E-state index contributed by atoms with van der Waals surface area (Å²) in [5.74, 6) is 1.65. The van der Waals surface area contributed by atoms with Gasteiger partial charge in [-0.25, -0.2) is 9.37 Å². The van der Waals surface area contributed by atoms with Crippen LogP contribution in [0.2, 0.25) is 0 Å². The van der Waals surface area contributed by atoms with E-state index in [2.05, 4.69) is 14.9 Å². The fourth-order valence-corrected chi connectivity index (χ4v) is 2.93. The number of rotatable bonds is 6. The normalized spacial score (nSPS) is 18.7. The lowest BCUT2D eigenvalue weighted by Crippen LogP contribution is -2.23. The molecule has 1 aromatic carbocycles. The molecule has 1 aliphatic heterocycles. The van der Waals surface area contributed by atoms with Crippen LogP contribution in [0.25, 0.3) is 0 Å². The van der Waals surface area contributed by atoms with Crippen molar-refractivity contribution in [3.8, 4) is 5.75 Å². The average Bonchev–Trinajstić information content (AvgIpc) is 3.14. The molecule has 2 heterocycles. The van der Waals surface area contributed by atoms with Gasteiger partial charge in [0.25, 0.3) is 0 Å². The van der Waals surface area contributed by atoms with E-state index in [1.165, 1.54) is 6.07 Å². The molecule has 0 aliphatic carbocycles. The molecule has 4 nitrogen and oxygen atoms in total. The summed E-state index contributed by atoms with van der Waals surface area (Å²) in [6, 6.07) is 6.55. The van der Waals surface area contributed by atoms with E-state index in [-0.39, 0.29) is 5.82 Å². The summed E-state index contributed by atoms with van der Waals surface area (Å²) in [5, 5.41) is 0. The van der Waals surface area contributed by atoms with Gasteiger partial charge in [-0.3, -0.25) is 0 Å². The predicted molar refractivity (Wildman–Crippen MR) is 83.6 cm³/mol. The maximum absolute atomic E-state index is 13.4. The lowest BCUT2D eigenvalue weighted by atomic mass is 10.1. The minimum Gasteiger partial charge on any atom is -0.490 e. The molecule has 118 valence electrons. The number of halogens is 1. The van der Waals surface area contributed by atoms with Crippen LogP contribution in [-0.4, -0.2) is 41.1 Å². The molecule has 1 saturated heterocycles. The highest BCUT2D eigenvalue weighted by atomic mass is 19.1. The van der Waals surface area contributed by atoms with Crippen molar-refractivity contribution in [1.29, 1.82) is 0 Å². The molecule has 22 heavy (non-hydrogen) atoms. The molecular formula is C17H22FN3O. The molecule has 1 aliphatic rings. The van der Waals surface area contributed by atoms with Crippen LogP contribution < -0.4 is 4.74 Å². The zero-order valence-electron chi connectivity index (χ0n) is 12.9. The fraction of sp³-hybridized carbons (Fsp3) is 0.471. The van der Waals surface area contributed by atoms with Gasteiger partial charge in [-0.15, -0.1) is 0 Å². The van der Waals surface area contributed by atoms with Gasteiger partial charge in [0.1, 0.15) is 5.82 Å². The van der Waals surface area contributed by atoms with Crippen molar-refractivity contribution in [2.24, 2.45) is 0 Å². The first-order valence-electron chi connectivity index (χ1n) is 7.83. The first-order valence-corrected chi connectivity index (χ1v) is 7.83. The Morgan fingerprint density at radius 3 is 3.05 bits per heavy atom. The SMILES string of the molecule is Cc1cnc([C@@H]2CCN(CCCOc3ccccc3F)C2)[nH]1. The van der Waals surface area contributed by atoms with Crippen LogP contribution in [0.3, 0.4) is 0 Å². The van der Waals surface area contributed by atoms with E-state index in [0.29, 0.717) is 18.3 Å². The molecule has 1 N–H and O–H groups in total. The van der Waals surface area contributed by atoms with Crippen LogP contribution in [0.4, 0.5) is 4.39 Å². The second-order valence-electron chi connectivity index (χ2n) is 5.87. The lowest BCUT2D eigenvalue weighted by molar-refractivity contribution is 0.254. The van der Waals surface area contributed by atoms with Crippen molar-refractivity contribution in [2.45, 2.75) is 25.7 Å². The van der Waals surface area contributed by atoms with E-state index in [9.17, 15) is 4.39 Å². The van der Waals surface area contributed by atoms with Gasteiger partial charge in [0.2, 0.25) is 0 Å². The Kier molecular flexibility index (Phi) is 4.73. The number of nitrogens with zero attached hydrogens (tertiary/aromatic N) is 2. The van der Waals surface area contributed by atoms with Gasteiger partial charge in [-0.1, -0.05) is 12.1 Å². The van der Waals surface area contributed by atoms with Crippen LogP contribution in [0.5, 0.6) is 5.75 Å². The number of nitrogens with one attached hydrogen (secondary N) is 1. The molecule has 0 saturated carbocycles. The highest BCUT2D eigenvalue weighted by molar-refractivity contribution is 5.23. The number of benzene rings is 1. The number of H-pyrrole nitrogens is 1. The van der Waals surface area contributed by atoms with Gasteiger partial charge < -0.3 is 14.6 Å². The zero-order chi connectivity index (χ0) is 15.4. The van der Waals surface area contributed by atoms with Crippen molar-refractivity contribution < 1.29 is 9.13 Å². The second kappa shape index (κ2) is 6.92. The van der Waals surface area contributed by atoms with E-state index < -0.39 is 0 Å². The lowest BCUT2D eigenvalue weighted by Gasteiger charge is -2.15. The second-order valence-corrected chi connectivity index (χ2v) is 5.87. The highest BCUT2D eigenvalue weighted by Crippen LogP contribution is 2.25. The molecule has 2 aromatic rings. The van der Waals surface area contributed by atoms with Gasteiger partial charge >= 0.3 is 0 Å². The summed E-state index contributed by atoms with van der Waals surface area (Å²) in [4.78, 5) is 10.2. The molecule has 5 heteroatoms. The number of hydrogen-bond acceptors (Lipinski definition) is 3. The Morgan fingerprint density at radius 1 is 1.41 bits per heavy atom. The summed E-state index contributed by atoms with van der Waals surface area (Å²) >= 11 is 0. The number of hydrogen-bond donors (Lipinski definition) is 1. The van der Waals surface area contributed by atoms with Gasteiger partial charge in [-0.2, -0.15) is 0 Å². The highest BCUT2D eigenvalue weighted by Gasteiger charge is 2.25. The molecule has 1 aromatic heterocycles. The fourth-order valence-electron chi connectivity index (χ4n) is 2.93. The first-order chi connectivity index (χ1) is 10.7. The predicted octanol–water partition coefficient (Wildman–Crippen LogP) is 3.12. The molecule has 3 rings (SSSR count). The van der Waals surface area contributed by atoms with Crippen LogP contribution in [-0.2, 0) is 0 Å². The third-order valence-electron chi connectivity index (χ3n) is 4.09. The molecule has 1 atom stereocenters. The number of imidazole rings is 1. The Morgan fingerprint density at radius 2 is 2.27 bits per heavy atom. The minimum atomic E-state index is -0.295. The third kappa shape index (κ3) is 3.65. The smallest absolute Gasteiger partial charge is 0.165 e. The molecule has 0 bridgehead atoms. The number of likely N-dealkylation sites (tertiary alicyclic amines) is 1. The van der Waals surface area contributed by atoms with Crippen LogP contribution in [0.15, 0.2) is 30.5 Å². The van der Waals surface area contributed by atoms with Crippen LogP contribution in [0.1, 0.15) is 30.3 Å². The van der Waals surface area contributed by atoms with Crippen molar-refractivity contribution in [3.05, 3.63) is 47.8 Å². The number of aromatic amines is 1. The van der Waals surface area contributed by atoms with Gasteiger partial charge in [0.05, 0.1) is 6.61 Å². The zero-order valence-corrected chi connectivity index (χ0v) is 12.9. The quantitative estimate of drug-likeness (QED) is 0.834. The van der Waals surface area contributed by atoms with Crippen LogP contribution in [0, 0.1) is 12.7 Å². The number of aryl methyl sites for hydroxylation is 1. The number of aromatic nitrogens is 2. The third-order valence-corrected chi connectivity index (χ3v) is 4.09. The summed E-state index contributed by atoms with van der Waals surface area (Å²) in [5.41, 5.74) is 1.12. The maximum atomic E-state index is 13.4. The minimum absolute atomic E-state index is 0.295. The summed E-state index contributed by atoms with van der Waals surface area (Å²) < 4.78 is 18.9. The van der Waals surface area contributed by atoms with E-state index in [1.54, 1.807) is 18.2 Å². The number of para-hydroxylation sites is 1. The maximum Gasteiger partial charge on any atom is 0.165 e.